The van der Waals surface area contributed by atoms with Crippen molar-refractivity contribution in [3.05, 3.63) is 51.7 Å². The summed E-state index contributed by atoms with van der Waals surface area (Å²) in [6, 6.07) is 9.23. The Morgan fingerprint density at radius 2 is 2.00 bits per heavy atom. The summed E-state index contributed by atoms with van der Waals surface area (Å²) in [5, 5.41) is 10.8. The Labute approximate surface area is 107 Å². The normalized spacial score (nSPS) is 11.2. The van der Waals surface area contributed by atoms with Gasteiger partial charge in [0.1, 0.15) is 4.70 Å². The summed E-state index contributed by atoms with van der Waals surface area (Å²) in [7, 11) is 0. The van der Waals surface area contributed by atoms with E-state index in [9.17, 15) is 10.1 Å². The number of fused-ring (bicyclic) bond motifs is 3. The Balaban J connectivity index is 2.43. The summed E-state index contributed by atoms with van der Waals surface area (Å²) >= 11 is 1.58. The van der Waals surface area contributed by atoms with Gasteiger partial charge in [-0.1, -0.05) is 11.3 Å². The number of aromatic nitrogens is 1. The molecule has 0 spiro atoms. The molecule has 0 saturated carbocycles. The number of rotatable bonds is 1. The van der Waals surface area contributed by atoms with Gasteiger partial charge in [-0.15, -0.1) is 4.40 Å². The van der Waals surface area contributed by atoms with Crippen molar-refractivity contribution in [2.75, 3.05) is 0 Å². The first-order valence-corrected chi connectivity index (χ1v) is 6.38. The third-order valence-corrected chi connectivity index (χ3v) is 4.03. The molecule has 0 unspecified atom stereocenters. The van der Waals surface area contributed by atoms with Gasteiger partial charge in [-0.25, -0.2) is 0 Å². The fraction of sp³-hybridized carbons (Fsp3) is 0.154. The van der Waals surface area contributed by atoms with Crippen LogP contribution in [0.2, 0.25) is 0 Å². The number of non-ortho nitro benzene ring substituents is 1. The maximum Gasteiger partial charge on any atom is 0.271 e. The average Bonchev–Trinajstić information content (AvgIpc) is 2.65. The van der Waals surface area contributed by atoms with E-state index in [4.69, 9.17) is 0 Å². The standard InChI is InChI=1S/C13H11N2O2S/c1-8-5-9(2)14-11-4-3-10(15(16)17)7-12(11)18-13(14)6-8/h3-7H,1-2H3/q+1. The minimum Gasteiger partial charge on any atom is -0.258 e. The molecule has 0 bridgehead atoms. The lowest BCUT2D eigenvalue weighted by molar-refractivity contribution is -0.486. The molecule has 0 saturated heterocycles. The molecule has 90 valence electrons. The minimum absolute atomic E-state index is 0.143. The second kappa shape index (κ2) is 3.74. The molecule has 4 nitrogen and oxygen atoms in total. The number of hydrogen-bond donors (Lipinski definition) is 0. The number of pyridine rings is 1. The van der Waals surface area contributed by atoms with E-state index in [1.807, 2.05) is 13.0 Å². The van der Waals surface area contributed by atoms with Gasteiger partial charge in [0.05, 0.1) is 4.92 Å². The first-order valence-electron chi connectivity index (χ1n) is 5.56. The van der Waals surface area contributed by atoms with E-state index in [-0.39, 0.29) is 10.6 Å². The van der Waals surface area contributed by atoms with Gasteiger partial charge in [-0.2, -0.15) is 0 Å². The molecule has 0 aliphatic rings. The quantitative estimate of drug-likeness (QED) is 0.383. The predicted octanol–water partition coefficient (Wildman–Crippen LogP) is 3.17. The highest BCUT2D eigenvalue weighted by molar-refractivity contribution is 7.23. The number of hydrogen-bond acceptors (Lipinski definition) is 3. The number of thiazole rings is 1. The Bertz CT molecular complexity index is 792. The molecule has 1 aromatic carbocycles. The average molecular weight is 259 g/mol. The molecule has 0 aliphatic carbocycles. The second-order valence-corrected chi connectivity index (χ2v) is 5.42. The second-order valence-electron chi connectivity index (χ2n) is 4.36. The maximum atomic E-state index is 10.8. The van der Waals surface area contributed by atoms with E-state index < -0.39 is 0 Å². The monoisotopic (exact) mass is 259 g/mol. The van der Waals surface area contributed by atoms with Crippen molar-refractivity contribution in [1.29, 1.82) is 0 Å². The van der Waals surface area contributed by atoms with E-state index in [0.29, 0.717) is 0 Å². The molecule has 0 N–H and O–H groups in total. The number of nitrogens with zero attached hydrogens (tertiary/aromatic N) is 2. The highest BCUT2D eigenvalue weighted by atomic mass is 32.1. The molecule has 2 heterocycles. The first kappa shape index (κ1) is 11.1. The van der Waals surface area contributed by atoms with Gasteiger partial charge in [0.15, 0.2) is 5.69 Å². The maximum absolute atomic E-state index is 10.8. The third-order valence-electron chi connectivity index (χ3n) is 2.97. The van der Waals surface area contributed by atoms with Crippen LogP contribution in [-0.2, 0) is 0 Å². The molecule has 0 radical (unpaired) electrons. The Morgan fingerprint density at radius 3 is 2.72 bits per heavy atom. The van der Waals surface area contributed by atoms with E-state index in [1.54, 1.807) is 23.5 Å². The van der Waals surface area contributed by atoms with Crippen LogP contribution >= 0.6 is 11.3 Å². The summed E-state index contributed by atoms with van der Waals surface area (Å²) in [5.41, 5.74) is 3.51. The lowest BCUT2D eigenvalue weighted by atomic mass is 10.2. The van der Waals surface area contributed by atoms with Gasteiger partial charge in [0, 0.05) is 37.3 Å². The summed E-state index contributed by atoms with van der Waals surface area (Å²) in [6.07, 6.45) is 0. The van der Waals surface area contributed by atoms with Crippen LogP contribution in [-0.4, -0.2) is 4.92 Å². The van der Waals surface area contributed by atoms with Crippen molar-refractivity contribution < 1.29 is 9.32 Å². The molecule has 3 rings (SSSR count). The highest BCUT2D eigenvalue weighted by Gasteiger charge is 2.19. The zero-order chi connectivity index (χ0) is 12.9. The number of nitro groups is 1. The molecule has 5 heteroatoms. The van der Waals surface area contributed by atoms with E-state index >= 15 is 0 Å². The largest absolute Gasteiger partial charge is 0.271 e. The molecule has 0 aliphatic heterocycles. The van der Waals surface area contributed by atoms with Crippen LogP contribution in [0.5, 0.6) is 0 Å². The predicted molar refractivity (Wildman–Crippen MR) is 71.1 cm³/mol. The van der Waals surface area contributed by atoms with Crippen LogP contribution in [0.1, 0.15) is 11.3 Å². The number of nitro benzene ring substituents is 1. The van der Waals surface area contributed by atoms with Crippen molar-refractivity contribution in [1.82, 2.24) is 0 Å². The molecule has 0 fully saturated rings. The van der Waals surface area contributed by atoms with Crippen LogP contribution in [0.25, 0.3) is 15.0 Å². The fourth-order valence-electron chi connectivity index (χ4n) is 2.25. The lowest BCUT2D eigenvalue weighted by Crippen LogP contribution is -2.23. The van der Waals surface area contributed by atoms with Crippen molar-refractivity contribution in [2.24, 2.45) is 0 Å². The minimum atomic E-state index is -0.355. The summed E-state index contributed by atoms with van der Waals surface area (Å²) in [5.74, 6) is 0. The van der Waals surface area contributed by atoms with Crippen LogP contribution in [0.3, 0.4) is 0 Å². The van der Waals surface area contributed by atoms with Crippen LogP contribution in [0.4, 0.5) is 5.69 Å². The Kier molecular flexibility index (Phi) is 2.31. The van der Waals surface area contributed by atoms with Gasteiger partial charge in [0.25, 0.3) is 10.5 Å². The van der Waals surface area contributed by atoms with E-state index in [2.05, 4.69) is 23.5 Å². The Morgan fingerprint density at radius 1 is 1.22 bits per heavy atom. The number of benzene rings is 1. The zero-order valence-electron chi connectivity index (χ0n) is 10.0. The van der Waals surface area contributed by atoms with Gasteiger partial charge < -0.3 is 0 Å². The fourth-order valence-corrected chi connectivity index (χ4v) is 3.50. The molecule has 3 aromatic rings. The van der Waals surface area contributed by atoms with Crippen molar-refractivity contribution in [3.8, 4) is 0 Å². The van der Waals surface area contributed by atoms with Gasteiger partial charge in [0.2, 0.25) is 5.52 Å². The molecule has 18 heavy (non-hydrogen) atoms. The molecule has 2 aromatic heterocycles. The molecular formula is C13H11N2O2S+. The van der Waals surface area contributed by atoms with Gasteiger partial charge >= 0.3 is 0 Å². The van der Waals surface area contributed by atoms with Gasteiger partial charge in [-0.3, -0.25) is 10.1 Å². The van der Waals surface area contributed by atoms with Crippen LogP contribution in [0, 0.1) is 24.0 Å². The molecule has 0 atom stereocenters. The van der Waals surface area contributed by atoms with Gasteiger partial charge in [-0.05, 0) is 12.5 Å². The van der Waals surface area contributed by atoms with Crippen molar-refractivity contribution in [2.45, 2.75) is 13.8 Å². The summed E-state index contributed by atoms with van der Waals surface area (Å²) < 4.78 is 3.08. The summed E-state index contributed by atoms with van der Waals surface area (Å²) in [6.45, 7) is 4.10. The van der Waals surface area contributed by atoms with Crippen LogP contribution in [0.15, 0.2) is 30.3 Å². The van der Waals surface area contributed by atoms with Crippen molar-refractivity contribution >= 4 is 32.1 Å². The summed E-state index contributed by atoms with van der Waals surface area (Å²) in [4.78, 5) is 11.5. The number of aryl methyl sites for hydroxylation is 2. The zero-order valence-corrected chi connectivity index (χ0v) is 10.8. The third kappa shape index (κ3) is 1.55. The SMILES string of the molecule is Cc1cc(C)[n+]2c(c1)sc1cc([N+](=O)[O-])ccc12. The van der Waals surface area contributed by atoms with Crippen LogP contribution < -0.4 is 4.40 Å². The smallest absolute Gasteiger partial charge is 0.258 e. The Hall–Kier alpha value is -2.01. The van der Waals surface area contributed by atoms with E-state index in [1.165, 1.54) is 5.56 Å². The highest BCUT2D eigenvalue weighted by Crippen LogP contribution is 2.26. The van der Waals surface area contributed by atoms with Crippen molar-refractivity contribution in [3.63, 3.8) is 0 Å². The van der Waals surface area contributed by atoms with E-state index in [0.717, 1.165) is 20.7 Å². The molecule has 0 amide bonds. The lowest BCUT2D eigenvalue weighted by Gasteiger charge is -1.93. The first-order chi connectivity index (χ1) is 8.56. The topological polar surface area (TPSA) is 47.2 Å². The molecular weight excluding hydrogens is 248 g/mol.